The van der Waals surface area contributed by atoms with Gasteiger partial charge in [0.2, 0.25) is 0 Å². The molecular formula is C12H18N2O3S. The molecule has 0 saturated carbocycles. The molecule has 100 valence electrons. The van der Waals surface area contributed by atoms with Gasteiger partial charge in [-0.15, -0.1) is 11.3 Å². The lowest BCUT2D eigenvalue weighted by atomic mass is 10.3. The number of rotatable bonds is 5. The van der Waals surface area contributed by atoms with Crippen LogP contribution in [0.1, 0.15) is 31.1 Å². The number of ether oxygens (including phenoxy) is 1. The molecule has 0 aliphatic carbocycles. The summed E-state index contributed by atoms with van der Waals surface area (Å²) in [7, 11) is 0. The lowest BCUT2D eigenvalue weighted by Crippen LogP contribution is -2.34. The summed E-state index contributed by atoms with van der Waals surface area (Å²) >= 11 is 1.31. The maximum Gasteiger partial charge on any atom is 0.341 e. The van der Waals surface area contributed by atoms with Crippen LogP contribution in [0.15, 0.2) is 11.4 Å². The number of amides is 2. The molecule has 0 aliphatic heterocycles. The Morgan fingerprint density at radius 3 is 2.56 bits per heavy atom. The molecule has 0 spiro atoms. The lowest BCUT2D eigenvalue weighted by Gasteiger charge is -2.18. The molecule has 0 fully saturated rings. The second-order valence-electron chi connectivity index (χ2n) is 3.49. The van der Waals surface area contributed by atoms with Gasteiger partial charge in [-0.3, -0.25) is 5.32 Å². The Kier molecular flexibility index (Phi) is 5.64. The predicted molar refractivity (Wildman–Crippen MR) is 72.2 cm³/mol. The Morgan fingerprint density at radius 1 is 1.33 bits per heavy atom. The summed E-state index contributed by atoms with van der Waals surface area (Å²) in [5.74, 6) is -0.409. The average molecular weight is 270 g/mol. The summed E-state index contributed by atoms with van der Waals surface area (Å²) in [5, 5.41) is 5.02. The van der Waals surface area contributed by atoms with Crippen molar-refractivity contribution in [1.29, 1.82) is 0 Å². The molecule has 1 aromatic rings. The Balaban J connectivity index is 2.76. The molecule has 6 heteroatoms. The Hall–Kier alpha value is -1.56. The monoisotopic (exact) mass is 270 g/mol. The van der Waals surface area contributed by atoms with Crippen LogP contribution in [0.5, 0.6) is 0 Å². The number of hydrogen-bond donors (Lipinski definition) is 1. The molecule has 0 unspecified atom stereocenters. The lowest BCUT2D eigenvalue weighted by molar-refractivity contribution is 0.0528. The molecule has 1 heterocycles. The van der Waals surface area contributed by atoms with Crippen LogP contribution in [0.4, 0.5) is 9.80 Å². The summed E-state index contributed by atoms with van der Waals surface area (Å²) in [6.45, 7) is 7.13. The molecule has 0 aromatic carbocycles. The Bertz CT molecular complexity index is 413. The van der Waals surface area contributed by atoms with E-state index in [4.69, 9.17) is 4.74 Å². The van der Waals surface area contributed by atoms with E-state index in [9.17, 15) is 9.59 Å². The van der Waals surface area contributed by atoms with Crippen LogP contribution in [0, 0.1) is 0 Å². The van der Waals surface area contributed by atoms with E-state index in [1.165, 1.54) is 11.3 Å². The van der Waals surface area contributed by atoms with Crippen LogP contribution in [0.25, 0.3) is 0 Å². The van der Waals surface area contributed by atoms with Gasteiger partial charge in [0.15, 0.2) is 0 Å². The first-order valence-electron chi connectivity index (χ1n) is 5.94. The van der Waals surface area contributed by atoms with Gasteiger partial charge >= 0.3 is 12.0 Å². The van der Waals surface area contributed by atoms with Crippen molar-refractivity contribution >= 4 is 28.3 Å². The zero-order valence-electron chi connectivity index (χ0n) is 10.9. The van der Waals surface area contributed by atoms with Crippen LogP contribution in [0.3, 0.4) is 0 Å². The van der Waals surface area contributed by atoms with Crippen molar-refractivity contribution in [3.63, 3.8) is 0 Å². The zero-order valence-corrected chi connectivity index (χ0v) is 11.7. The third kappa shape index (κ3) is 3.46. The van der Waals surface area contributed by atoms with Gasteiger partial charge < -0.3 is 9.64 Å². The molecule has 0 radical (unpaired) electrons. The van der Waals surface area contributed by atoms with Crippen LogP contribution in [-0.4, -0.2) is 36.6 Å². The fourth-order valence-corrected chi connectivity index (χ4v) is 2.23. The fraction of sp³-hybridized carbons (Fsp3) is 0.500. The normalized spacial score (nSPS) is 9.94. The summed E-state index contributed by atoms with van der Waals surface area (Å²) in [6.07, 6.45) is 0. The number of carbonyl (C=O) groups is 2. The largest absolute Gasteiger partial charge is 0.462 e. The second kappa shape index (κ2) is 7.00. The third-order valence-electron chi connectivity index (χ3n) is 2.43. The van der Waals surface area contributed by atoms with E-state index in [0.717, 1.165) is 0 Å². The van der Waals surface area contributed by atoms with Crippen LogP contribution in [-0.2, 0) is 4.74 Å². The predicted octanol–water partition coefficient (Wildman–Crippen LogP) is 2.80. The van der Waals surface area contributed by atoms with Crippen LogP contribution < -0.4 is 5.32 Å². The van der Waals surface area contributed by atoms with Gasteiger partial charge in [0.05, 0.1) is 12.2 Å². The van der Waals surface area contributed by atoms with Crippen molar-refractivity contribution in [3.05, 3.63) is 17.0 Å². The minimum atomic E-state index is -0.409. The molecule has 18 heavy (non-hydrogen) atoms. The summed E-state index contributed by atoms with van der Waals surface area (Å²) in [4.78, 5) is 25.2. The molecule has 0 aliphatic rings. The number of hydrogen-bond acceptors (Lipinski definition) is 4. The van der Waals surface area contributed by atoms with E-state index in [0.29, 0.717) is 30.3 Å². The van der Waals surface area contributed by atoms with E-state index in [1.807, 2.05) is 13.8 Å². The van der Waals surface area contributed by atoms with Crippen molar-refractivity contribution in [3.8, 4) is 0 Å². The van der Waals surface area contributed by atoms with Crippen molar-refractivity contribution in [2.75, 3.05) is 25.0 Å². The Labute approximate surface area is 111 Å². The molecule has 2 amide bonds. The molecule has 5 nitrogen and oxygen atoms in total. The smallest absolute Gasteiger partial charge is 0.341 e. The maximum absolute atomic E-state index is 11.9. The van der Waals surface area contributed by atoms with E-state index in [2.05, 4.69) is 5.32 Å². The first-order chi connectivity index (χ1) is 8.63. The molecule has 1 rings (SSSR count). The number of thiophene rings is 1. The van der Waals surface area contributed by atoms with Gasteiger partial charge in [-0.25, -0.2) is 9.59 Å². The highest BCUT2D eigenvalue weighted by Crippen LogP contribution is 2.24. The molecule has 0 atom stereocenters. The number of nitrogens with one attached hydrogen (secondary N) is 1. The first kappa shape index (κ1) is 14.5. The highest BCUT2D eigenvalue weighted by atomic mass is 32.1. The number of carbonyl (C=O) groups excluding carboxylic acids is 2. The Morgan fingerprint density at radius 2 is 2.00 bits per heavy atom. The molecule has 1 aromatic heterocycles. The minimum Gasteiger partial charge on any atom is -0.462 e. The highest BCUT2D eigenvalue weighted by molar-refractivity contribution is 7.14. The van der Waals surface area contributed by atoms with Crippen LogP contribution in [0.2, 0.25) is 0 Å². The first-order valence-corrected chi connectivity index (χ1v) is 6.82. The van der Waals surface area contributed by atoms with Gasteiger partial charge in [-0.1, -0.05) is 0 Å². The van der Waals surface area contributed by atoms with E-state index < -0.39 is 5.97 Å². The maximum atomic E-state index is 11.9. The van der Waals surface area contributed by atoms with Gasteiger partial charge in [0, 0.05) is 13.1 Å². The van der Waals surface area contributed by atoms with E-state index >= 15 is 0 Å². The molecule has 0 bridgehead atoms. The summed E-state index contributed by atoms with van der Waals surface area (Å²) < 4.78 is 4.92. The standard InChI is InChI=1S/C12H18N2O3S/c1-4-14(5-2)12(16)13-10-9(7-8-18-10)11(15)17-6-3/h7-8H,4-6H2,1-3H3,(H,13,16). The van der Waals surface area contributed by atoms with Crippen molar-refractivity contribution in [2.24, 2.45) is 0 Å². The fourth-order valence-electron chi connectivity index (χ4n) is 1.46. The average Bonchev–Trinajstić information content (AvgIpc) is 2.79. The number of urea groups is 1. The topological polar surface area (TPSA) is 58.6 Å². The van der Waals surface area contributed by atoms with Crippen molar-refractivity contribution in [2.45, 2.75) is 20.8 Å². The molecular weight excluding hydrogens is 252 g/mol. The zero-order chi connectivity index (χ0) is 13.5. The van der Waals surface area contributed by atoms with Gasteiger partial charge in [-0.2, -0.15) is 0 Å². The quantitative estimate of drug-likeness (QED) is 0.837. The van der Waals surface area contributed by atoms with Gasteiger partial charge in [-0.05, 0) is 32.2 Å². The molecule has 0 saturated heterocycles. The van der Waals surface area contributed by atoms with Crippen molar-refractivity contribution in [1.82, 2.24) is 4.90 Å². The molecule has 1 N–H and O–H groups in total. The number of nitrogens with zero attached hydrogens (tertiary/aromatic N) is 1. The van der Waals surface area contributed by atoms with Crippen molar-refractivity contribution < 1.29 is 14.3 Å². The highest BCUT2D eigenvalue weighted by Gasteiger charge is 2.17. The summed E-state index contributed by atoms with van der Waals surface area (Å²) in [6, 6.07) is 1.45. The number of anilines is 1. The minimum absolute atomic E-state index is 0.201. The van der Waals surface area contributed by atoms with E-state index in [-0.39, 0.29) is 6.03 Å². The van der Waals surface area contributed by atoms with Gasteiger partial charge in [0.1, 0.15) is 5.00 Å². The van der Waals surface area contributed by atoms with Gasteiger partial charge in [0.25, 0.3) is 0 Å². The second-order valence-corrected chi connectivity index (χ2v) is 4.40. The SMILES string of the molecule is CCOC(=O)c1ccsc1NC(=O)N(CC)CC. The number of esters is 1. The van der Waals surface area contributed by atoms with Crippen LogP contribution >= 0.6 is 11.3 Å². The van der Waals surface area contributed by atoms with E-state index in [1.54, 1.807) is 23.3 Å². The third-order valence-corrected chi connectivity index (χ3v) is 3.26. The summed E-state index contributed by atoms with van der Waals surface area (Å²) in [5.41, 5.74) is 0.405.